The third-order valence-corrected chi connectivity index (χ3v) is 3.19. The zero-order chi connectivity index (χ0) is 16.0. The second-order valence-corrected chi connectivity index (χ2v) is 4.43. The van der Waals surface area contributed by atoms with Crippen molar-refractivity contribution in [3.05, 3.63) is 53.3 Å². The smallest absolute Gasteiger partial charge is 0.278 e. The molecule has 1 heterocycles. The van der Waals surface area contributed by atoms with Crippen LogP contribution in [0, 0.1) is 21.3 Å². The Bertz CT molecular complexity index is 667. The van der Waals surface area contributed by atoms with Crippen LogP contribution in [-0.2, 0) is 39.3 Å². The normalized spacial score (nSPS) is 8.96. The second-order valence-electron chi connectivity index (χ2n) is 4.43. The van der Waals surface area contributed by atoms with Gasteiger partial charge in [0, 0.05) is 39.3 Å². The summed E-state index contributed by atoms with van der Waals surface area (Å²) < 4.78 is 6.86. The fourth-order valence-electron chi connectivity index (χ4n) is 2.23. The number of hydrogen-bond donors (Lipinski definition) is 0. The molecule has 1 radical (unpaired) electrons. The number of nitrogens with zero attached hydrogens (tertiary/aromatic N) is 2. The van der Waals surface area contributed by atoms with E-state index >= 15 is 0 Å². The molecule has 0 aliphatic heterocycles. The quantitative estimate of drug-likeness (QED) is 0.741. The van der Waals surface area contributed by atoms with Gasteiger partial charge in [0.05, 0.1) is 12.7 Å². The summed E-state index contributed by atoms with van der Waals surface area (Å²) in [6, 6.07) is 7.80. The molecule has 0 aliphatic carbocycles. The van der Waals surface area contributed by atoms with Gasteiger partial charge < -0.3 is 12.2 Å². The minimum absolute atomic E-state index is 0. The average Bonchev–Trinajstić information content (AvgIpc) is 2.51. The molecular formula is C18H27N2O2Y-. The molecule has 4 nitrogen and oxygen atoms in total. The Morgan fingerprint density at radius 2 is 1.74 bits per heavy atom. The average molecular weight is 392 g/mol. The topological polar surface area (TPSA) is 44.1 Å². The van der Waals surface area contributed by atoms with Crippen LogP contribution in [0.4, 0.5) is 0 Å². The van der Waals surface area contributed by atoms with Crippen molar-refractivity contribution in [3.63, 3.8) is 0 Å². The van der Waals surface area contributed by atoms with Gasteiger partial charge >= 0.3 is 0 Å². The van der Waals surface area contributed by atoms with Gasteiger partial charge in [-0.15, -0.1) is 0 Å². The molecule has 0 spiro atoms. The molecule has 0 unspecified atom stereocenters. The molecule has 0 N–H and O–H groups in total. The van der Waals surface area contributed by atoms with Gasteiger partial charge in [0.1, 0.15) is 5.69 Å². The number of hydrogen-bond acceptors (Lipinski definition) is 3. The minimum atomic E-state index is -0.112. The third-order valence-electron chi connectivity index (χ3n) is 3.19. The summed E-state index contributed by atoms with van der Waals surface area (Å²) in [6.45, 7) is 10.3. The summed E-state index contributed by atoms with van der Waals surface area (Å²) in [6.07, 6.45) is 0. The summed E-state index contributed by atoms with van der Waals surface area (Å²) in [5.74, 6) is 0.559. The first-order chi connectivity index (χ1) is 10.1. The standard InChI is InChI=1S/C15H18N2O2.C2H6.CH3.Y/c1-5-17-15(18)13(14(19-4)11(3)16-17)12-9-7-6-8-10(12)2;1-2;;/h6-9H,5H2,1-4H3;1-2H3;1H3;/q;;-1;. The van der Waals surface area contributed by atoms with Crippen LogP contribution < -0.4 is 10.3 Å². The van der Waals surface area contributed by atoms with E-state index < -0.39 is 0 Å². The molecule has 125 valence electrons. The monoisotopic (exact) mass is 392 g/mol. The summed E-state index contributed by atoms with van der Waals surface area (Å²) in [5, 5.41) is 4.26. The molecule has 0 saturated carbocycles. The van der Waals surface area contributed by atoms with Crippen molar-refractivity contribution in [1.29, 1.82) is 0 Å². The van der Waals surface area contributed by atoms with Crippen LogP contribution in [0.5, 0.6) is 5.75 Å². The zero-order valence-electron chi connectivity index (χ0n) is 15.3. The molecule has 1 aromatic carbocycles. The first kappa shape index (κ1) is 24.3. The van der Waals surface area contributed by atoms with Gasteiger partial charge in [-0.2, -0.15) is 5.10 Å². The third kappa shape index (κ3) is 5.25. The van der Waals surface area contributed by atoms with Crippen LogP contribution in [0.3, 0.4) is 0 Å². The van der Waals surface area contributed by atoms with E-state index in [-0.39, 0.29) is 45.7 Å². The molecule has 2 rings (SSSR count). The van der Waals surface area contributed by atoms with Gasteiger partial charge in [-0.1, -0.05) is 38.1 Å². The van der Waals surface area contributed by atoms with Gasteiger partial charge in [0.15, 0.2) is 5.75 Å². The summed E-state index contributed by atoms with van der Waals surface area (Å²) in [5.41, 5.74) is 3.15. The van der Waals surface area contributed by atoms with E-state index in [0.29, 0.717) is 17.9 Å². The van der Waals surface area contributed by atoms with E-state index in [4.69, 9.17) is 4.74 Å². The van der Waals surface area contributed by atoms with Crippen molar-refractivity contribution in [1.82, 2.24) is 9.78 Å². The molecular weight excluding hydrogens is 365 g/mol. The van der Waals surface area contributed by atoms with Crippen molar-refractivity contribution >= 4 is 0 Å². The van der Waals surface area contributed by atoms with E-state index in [9.17, 15) is 4.79 Å². The molecule has 0 aliphatic rings. The summed E-state index contributed by atoms with van der Waals surface area (Å²) in [7, 11) is 1.57. The van der Waals surface area contributed by atoms with Crippen molar-refractivity contribution in [2.75, 3.05) is 7.11 Å². The van der Waals surface area contributed by atoms with Crippen molar-refractivity contribution in [2.45, 2.75) is 41.2 Å². The molecule has 0 saturated heterocycles. The Kier molecular flexibility index (Phi) is 12.2. The van der Waals surface area contributed by atoms with E-state index in [2.05, 4.69) is 5.10 Å². The predicted molar refractivity (Wildman–Crippen MR) is 93.4 cm³/mol. The van der Waals surface area contributed by atoms with Crippen LogP contribution in [0.15, 0.2) is 29.1 Å². The SMILES string of the molecule is CC.CCn1nc(C)c(OC)c(-c2ccccc2C)c1=O.[CH3-].[Y]. The molecule has 23 heavy (non-hydrogen) atoms. The first-order valence-electron chi connectivity index (χ1n) is 7.31. The van der Waals surface area contributed by atoms with Gasteiger partial charge in [-0.25, -0.2) is 4.68 Å². The Balaban J connectivity index is 0. The van der Waals surface area contributed by atoms with Crippen molar-refractivity contribution in [2.24, 2.45) is 0 Å². The number of methoxy groups -OCH3 is 1. The number of aromatic nitrogens is 2. The molecule has 0 bridgehead atoms. The maximum absolute atomic E-state index is 12.5. The Morgan fingerprint density at radius 1 is 1.17 bits per heavy atom. The fourth-order valence-corrected chi connectivity index (χ4v) is 2.23. The predicted octanol–water partition coefficient (Wildman–Crippen LogP) is 4.03. The Morgan fingerprint density at radius 3 is 2.22 bits per heavy atom. The van der Waals surface area contributed by atoms with Crippen LogP contribution >= 0.6 is 0 Å². The second kappa shape index (κ2) is 11.5. The van der Waals surface area contributed by atoms with E-state index in [1.807, 2.05) is 58.9 Å². The summed E-state index contributed by atoms with van der Waals surface area (Å²) >= 11 is 0. The molecule has 2 aromatic rings. The number of ether oxygens (including phenoxy) is 1. The Labute approximate surface area is 165 Å². The number of rotatable bonds is 3. The van der Waals surface area contributed by atoms with Crippen LogP contribution in [0.2, 0.25) is 0 Å². The van der Waals surface area contributed by atoms with Crippen molar-refractivity contribution < 1.29 is 37.4 Å². The molecule has 0 amide bonds. The molecule has 0 atom stereocenters. The molecule has 1 aromatic heterocycles. The summed E-state index contributed by atoms with van der Waals surface area (Å²) in [4.78, 5) is 12.5. The number of aryl methyl sites for hydroxylation is 3. The largest absolute Gasteiger partial charge is 0.494 e. The first-order valence-corrected chi connectivity index (χ1v) is 7.31. The fraction of sp³-hybridized carbons (Fsp3) is 0.389. The zero-order valence-corrected chi connectivity index (χ0v) is 18.1. The van der Waals surface area contributed by atoms with Crippen molar-refractivity contribution in [3.8, 4) is 16.9 Å². The van der Waals surface area contributed by atoms with Gasteiger partial charge in [0.25, 0.3) is 5.56 Å². The van der Waals surface area contributed by atoms with E-state index in [1.54, 1.807) is 7.11 Å². The van der Waals surface area contributed by atoms with Crippen LogP contribution in [0.25, 0.3) is 11.1 Å². The van der Waals surface area contributed by atoms with Crippen LogP contribution in [0.1, 0.15) is 32.0 Å². The van der Waals surface area contributed by atoms with Gasteiger partial charge in [-0.05, 0) is 31.9 Å². The van der Waals surface area contributed by atoms with Crippen LogP contribution in [-0.4, -0.2) is 16.9 Å². The Hall–Kier alpha value is -0.996. The molecule has 0 fully saturated rings. The maximum Gasteiger partial charge on any atom is 0.278 e. The molecule has 5 heteroatoms. The minimum Gasteiger partial charge on any atom is -0.494 e. The number of benzene rings is 1. The van der Waals surface area contributed by atoms with Gasteiger partial charge in [-0.3, -0.25) is 4.79 Å². The van der Waals surface area contributed by atoms with Gasteiger partial charge in [0.2, 0.25) is 0 Å². The van der Waals surface area contributed by atoms with E-state index in [0.717, 1.165) is 16.8 Å². The maximum atomic E-state index is 12.5. The van der Waals surface area contributed by atoms with E-state index in [1.165, 1.54) is 4.68 Å².